The molecule has 0 radical (unpaired) electrons. The van der Waals surface area contributed by atoms with Crippen LogP contribution < -0.4 is 10.6 Å². The maximum Gasteiger partial charge on any atom is 0.191 e. The van der Waals surface area contributed by atoms with Gasteiger partial charge in [-0.15, -0.1) is 35.3 Å². The van der Waals surface area contributed by atoms with Gasteiger partial charge in [0.05, 0.1) is 30.5 Å². The number of ether oxygens (including phenoxy) is 1. The smallest absolute Gasteiger partial charge is 0.191 e. The highest BCUT2D eigenvalue weighted by Crippen LogP contribution is 2.36. The summed E-state index contributed by atoms with van der Waals surface area (Å²) in [6.45, 7) is 11.0. The molecule has 1 saturated heterocycles. The highest BCUT2D eigenvalue weighted by Gasteiger charge is 2.34. The molecule has 1 aliphatic heterocycles. The topological polar surface area (TPSA) is 61.8 Å². The lowest BCUT2D eigenvalue weighted by Crippen LogP contribution is -2.51. The van der Waals surface area contributed by atoms with E-state index in [0.717, 1.165) is 56.1 Å². The molecule has 2 N–H and O–H groups in total. The maximum atomic E-state index is 5.53. The molecular formula is C20H36IN5OS. The zero-order chi connectivity index (χ0) is 19.1. The minimum atomic E-state index is 0. The van der Waals surface area contributed by atoms with Gasteiger partial charge in [0, 0.05) is 43.5 Å². The number of halogens is 1. The van der Waals surface area contributed by atoms with E-state index in [2.05, 4.69) is 39.4 Å². The second-order valence-electron chi connectivity index (χ2n) is 7.97. The molecule has 160 valence electrons. The van der Waals surface area contributed by atoms with E-state index in [1.807, 2.05) is 7.05 Å². The van der Waals surface area contributed by atoms with E-state index in [9.17, 15) is 0 Å². The second kappa shape index (κ2) is 11.7. The van der Waals surface area contributed by atoms with Gasteiger partial charge in [-0.2, -0.15) is 0 Å². The van der Waals surface area contributed by atoms with E-state index >= 15 is 0 Å². The summed E-state index contributed by atoms with van der Waals surface area (Å²) < 4.78 is 5.53. The molecule has 1 aliphatic carbocycles. The second-order valence-corrected chi connectivity index (χ2v) is 9.26. The van der Waals surface area contributed by atoms with Gasteiger partial charge in [-0.25, -0.2) is 4.98 Å². The van der Waals surface area contributed by atoms with Gasteiger partial charge in [0.15, 0.2) is 5.96 Å². The van der Waals surface area contributed by atoms with Gasteiger partial charge >= 0.3 is 0 Å². The zero-order valence-electron chi connectivity index (χ0n) is 17.6. The molecule has 2 fully saturated rings. The van der Waals surface area contributed by atoms with Crippen molar-refractivity contribution in [3.05, 3.63) is 15.6 Å². The lowest BCUT2D eigenvalue weighted by Gasteiger charge is -2.42. The standard InChI is InChI=1S/C20H35N5OS.HI/c1-16-18(27-17(2)24-16)13-22-19(21-3)23-14-20(7-5-4-6-8-20)15-25-9-11-26-12-10-25;/h4-15H2,1-3H3,(H2,21,22,23);1H. The summed E-state index contributed by atoms with van der Waals surface area (Å²) in [5.41, 5.74) is 1.47. The third-order valence-electron chi connectivity index (χ3n) is 5.85. The van der Waals surface area contributed by atoms with Crippen molar-refractivity contribution in [2.75, 3.05) is 46.4 Å². The quantitative estimate of drug-likeness (QED) is 0.342. The van der Waals surface area contributed by atoms with E-state index in [0.29, 0.717) is 5.41 Å². The van der Waals surface area contributed by atoms with Crippen molar-refractivity contribution in [1.29, 1.82) is 0 Å². The van der Waals surface area contributed by atoms with E-state index in [1.54, 1.807) is 11.3 Å². The summed E-state index contributed by atoms with van der Waals surface area (Å²) in [4.78, 5) is 12.8. The number of thiazole rings is 1. The van der Waals surface area contributed by atoms with E-state index in [4.69, 9.17) is 4.74 Å². The number of guanidine groups is 1. The normalized spacial score (nSPS) is 20.5. The minimum Gasteiger partial charge on any atom is -0.379 e. The Hall–Kier alpha value is -0.450. The fourth-order valence-corrected chi connectivity index (χ4v) is 5.20. The van der Waals surface area contributed by atoms with Crippen molar-refractivity contribution in [1.82, 2.24) is 20.5 Å². The van der Waals surface area contributed by atoms with Crippen molar-refractivity contribution in [3.63, 3.8) is 0 Å². The van der Waals surface area contributed by atoms with Crippen LogP contribution in [0.25, 0.3) is 0 Å². The van der Waals surface area contributed by atoms with Crippen LogP contribution in [0.4, 0.5) is 0 Å². The molecule has 2 heterocycles. The van der Waals surface area contributed by atoms with E-state index in [1.165, 1.54) is 43.5 Å². The van der Waals surface area contributed by atoms with Crippen LogP contribution in [0, 0.1) is 19.3 Å². The van der Waals surface area contributed by atoms with Crippen molar-refractivity contribution >= 4 is 41.3 Å². The first-order valence-corrected chi connectivity index (χ1v) is 11.1. The third kappa shape index (κ3) is 6.81. The van der Waals surface area contributed by atoms with Crippen LogP contribution in [0.15, 0.2) is 4.99 Å². The summed E-state index contributed by atoms with van der Waals surface area (Å²) in [7, 11) is 1.86. The Bertz CT molecular complexity index is 624. The zero-order valence-corrected chi connectivity index (χ0v) is 20.7. The average Bonchev–Trinajstić information content (AvgIpc) is 3.00. The Morgan fingerprint density at radius 1 is 1.18 bits per heavy atom. The highest BCUT2D eigenvalue weighted by atomic mass is 127. The average molecular weight is 522 g/mol. The van der Waals surface area contributed by atoms with Crippen LogP contribution in [0.3, 0.4) is 0 Å². The molecule has 1 aromatic rings. The van der Waals surface area contributed by atoms with Crippen LogP contribution in [0.1, 0.15) is 47.7 Å². The third-order valence-corrected chi connectivity index (χ3v) is 6.92. The SMILES string of the molecule is CN=C(NCc1sc(C)nc1C)NCC1(CN2CCOCC2)CCCCC1.I. The predicted octanol–water partition coefficient (Wildman–Crippen LogP) is 3.33. The highest BCUT2D eigenvalue weighted by molar-refractivity contribution is 14.0. The molecule has 6 nitrogen and oxygen atoms in total. The lowest BCUT2D eigenvalue weighted by atomic mass is 9.73. The molecule has 0 bridgehead atoms. The van der Waals surface area contributed by atoms with Gasteiger partial charge in [0.1, 0.15) is 0 Å². The number of morpholine rings is 1. The van der Waals surface area contributed by atoms with Crippen LogP contribution in [-0.2, 0) is 11.3 Å². The minimum absolute atomic E-state index is 0. The molecule has 1 aromatic heterocycles. The number of aryl methyl sites for hydroxylation is 2. The molecule has 3 rings (SSSR count). The Morgan fingerprint density at radius 3 is 2.50 bits per heavy atom. The first kappa shape index (κ1) is 23.8. The maximum absolute atomic E-state index is 5.53. The number of nitrogens with one attached hydrogen (secondary N) is 2. The molecule has 0 amide bonds. The van der Waals surface area contributed by atoms with Crippen molar-refractivity contribution in [2.24, 2.45) is 10.4 Å². The number of rotatable bonds is 6. The summed E-state index contributed by atoms with van der Waals surface area (Å²) >= 11 is 1.76. The number of hydrogen-bond donors (Lipinski definition) is 2. The molecular weight excluding hydrogens is 485 g/mol. The molecule has 1 saturated carbocycles. The van der Waals surface area contributed by atoms with Crippen molar-refractivity contribution < 1.29 is 4.74 Å². The summed E-state index contributed by atoms with van der Waals surface area (Å²) in [5, 5.41) is 8.23. The van der Waals surface area contributed by atoms with Crippen LogP contribution in [0.5, 0.6) is 0 Å². The Morgan fingerprint density at radius 2 is 1.89 bits per heavy atom. The number of hydrogen-bond acceptors (Lipinski definition) is 5. The lowest BCUT2D eigenvalue weighted by molar-refractivity contribution is 0.00820. The fraction of sp³-hybridized carbons (Fsp3) is 0.800. The molecule has 0 atom stereocenters. The molecule has 8 heteroatoms. The number of aromatic nitrogens is 1. The summed E-state index contributed by atoms with van der Waals surface area (Å²) in [6, 6.07) is 0. The van der Waals surface area contributed by atoms with Gasteiger partial charge < -0.3 is 15.4 Å². The molecule has 28 heavy (non-hydrogen) atoms. The molecule has 0 aromatic carbocycles. The van der Waals surface area contributed by atoms with Gasteiger partial charge in [0.25, 0.3) is 0 Å². The van der Waals surface area contributed by atoms with Crippen LogP contribution in [-0.4, -0.2) is 62.3 Å². The fourth-order valence-electron chi connectivity index (χ4n) is 4.32. The first-order valence-electron chi connectivity index (χ1n) is 10.3. The van der Waals surface area contributed by atoms with E-state index < -0.39 is 0 Å². The summed E-state index contributed by atoms with van der Waals surface area (Å²) in [5.74, 6) is 0.896. The molecule has 0 unspecified atom stereocenters. The van der Waals surface area contributed by atoms with Gasteiger partial charge in [-0.05, 0) is 26.7 Å². The number of aliphatic imine (C=N–C) groups is 1. The van der Waals surface area contributed by atoms with Gasteiger partial charge in [-0.1, -0.05) is 19.3 Å². The Balaban J connectivity index is 0.00000280. The monoisotopic (exact) mass is 521 g/mol. The Labute approximate surface area is 190 Å². The number of nitrogens with zero attached hydrogens (tertiary/aromatic N) is 3. The summed E-state index contributed by atoms with van der Waals surface area (Å²) in [6.07, 6.45) is 6.68. The largest absolute Gasteiger partial charge is 0.379 e. The molecule has 2 aliphatic rings. The predicted molar refractivity (Wildman–Crippen MR) is 128 cm³/mol. The van der Waals surface area contributed by atoms with Crippen LogP contribution in [0.2, 0.25) is 0 Å². The van der Waals surface area contributed by atoms with Crippen molar-refractivity contribution in [3.8, 4) is 0 Å². The first-order chi connectivity index (χ1) is 13.1. The van der Waals surface area contributed by atoms with Gasteiger partial charge in [0.2, 0.25) is 0 Å². The van der Waals surface area contributed by atoms with Crippen LogP contribution >= 0.6 is 35.3 Å². The molecule has 0 spiro atoms. The van der Waals surface area contributed by atoms with E-state index in [-0.39, 0.29) is 24.0 Å². The Kier molecular flexibility index (Phi) is 9.92. The van der Waals surface area contributed by atoms with Crippen molar-refractivity contribution in [2.45, 2.75) is 52.5 Å². The van der Waals surface area contributed by atoms with Gasteiger partial charge in [-0.3, -0.25) is 9.89 Å².